The summed E-state index contributed by atoms with van der Waals surface area (Å²) < 4.78 is 21.8. The van der Waals surface area contributed by atoms with Gasteiger partial charge in [0, 0.05) is 40.7 Å². The van der Waals surface area contributed by atoms with Crippen LogP contribution in [0.4, 0.5) is 11.4 Å². The van der Waals surface area contributed by atoms with Crippen molar-refractivity contribution in [2.24, 2.45) is 0 Å². The number of anilines is 2. The largest absolute Gasteiger partial charge is 0.497 e. The van der Waals surface area contributed by atoms with Crippen LogP contribution in [0.3, 0.4) is 0 Å². The molecule has 1 aliphatic rings. The Morgan fingerprint density at radius 2 is 1.71 bits per heavy atom. The number of nitrogen functional groups attached to an aromatic ring is 1. The summed E-state index contributed by atoms with van der Waals surface area (Å²) in [6.07, 6.45) is 0. The number of amides is 1. The molecule has 0 saturated carbocycles. The fourth-order valence-corrected chi connectivity index (χ4v) is 4.45. The zero-order valence-electron chi connectivity index (χ0n) is 16.9. The summed E-state index contributed by atoms with van der Waals surface area (Å²) in [5.41, 5.74) is 8.02. The molecule has 3 heterocycles. The predicted molar refractivity (Wildman–Crippen MR) is 120 cm³/mol. The van der Waals surface area contributed by atoms with Gasteiger partial charge in [0.2, 0.25) is 0 Å². The van der Waals surface area contributed by atoms with E-state index in [1.807, 2.05) is 18.2 Å². The Balaban J connectivity index is 1.53. The number of fused-ring (bicyclic) bond motifs is 3. The van der Waals surface area contributed by atoms with Crippen LogP contribution in [0.15, 0.2) is 36.4 Å². The zero-order valence-corrected chi connectivity index (χ0v) is 17.7. The lowest BCUT2D eigenvalue weighted by Crippen LogP contribution is -2.15. The number of ether oxygens (including phenoxy) is 4. The molecular weight excluding hydrogens is 418 g/mol. The van der Waals surface area contributed by atoms with Gasteiger partial charge in [-0.25, -0.2) is 4.98 Å². The van der Waals surface area contributed by atoms with Gasteiger partial charge in [-0.2, -0.15) is 0 Å². The second kappa shape index (κ2) is 7.51. The maximum atomic E-state index is 13.0. The number of rotatable bonds is 4. The molecule has 4 aromatic rings. The number of nitrogens with one attached hydrogen (secondary N) is 1. The van der Waals surface area contributed by atoms with Gasteiger partial charge < -0.3 is 30.0 Å². The normalized spacial score (nSPS) is 12.7. The van der Waals surface area contributed by atoms with Gasteiger partial charge in [0.15, 0.2) is 11.5 Å². The monoisotopic (exact) mass is 437 g/mol. The topological polar surface area (TPSA) is 105 Å². The number of hydrogen-bond donors (Lipinski definition) is 2. The molecule has 0 spiro atoms. The van der Waals surface area contributed by atoms with Gasteiger partial charge >= 0.3 is 0 Å². The predicted octanol–water partition coefficient (Wildman–Crippen LogP) is 4.07. The highest BCUT2D eigenvalue weighted by atomic mass is 32.1. The molecule has 31 heavy (non-hydrogen) atoms. The minimum atomic E-state index is -0.328. The van der Waals surface area contributed by atoms with E-state index in [2.05, 4.69) is 5.32 Å². The Hall–Kier alpha value is -3.72. The van der Waals surface area contributed by atoms with Crippen molar-refractivity contribution in [1.82, 2.24) is 4.98 Å². The molecule has 3 N–H and O–H groups in total. The fourth-order valence-electron chi connectivity index (χ4n) is 3.47. The molecule has 8 nitrogen and oxygen atoms in total. The molecule has 2 aromatic carbocycles. The zero-order chi connectivity index (χ0) is 21.5. The first-order chi connectivity index (χ1) is 15.1. The number of pyridine rings is 1. The Morgan fingerprint density at radius 1 is 1.03 bits per heavy atom. The number of aromatic nitrogens is 1. The van der Waals surface area contributed by atoms with Gasteiger partial charge in [0.1, 0.15) is 34.4 Å². The molecule has 1 aliphatic heterocycles. The number of nitrogens with zero attached hydrogens (tertiary/aromatic N) is 1. The van der Waals surface area contributed by atoms with Crippen LogP contribution in [0.1, 0.15) is 9.67 Å². The number of thiophene rings is 1. The Kier molecular flexibility index (Phi) is 4.67. The van der Waals surface area contributed by atoms with Crippen molar-refractivity contribution in [3.8, 4) is 23.0 Å². The van der Waals surface area contributed by atoms with Crippen molar-refractivity contribution in [2.45, 2.75) is 0 Å². The lowest BCUT2D eigenvalue weighted by atomic mass is 10.1. The van der Waals surface area contributed by atoms with E-state index >= 15 is 0 Å². The molecule has 9 heteroatoms. The lowest BCUT2D eigenvalue weighted by molar-refractivity contribution is 0.103. The first kappa shape index (κ1) is 19.3. The van der Waals surface area contributed by atoms with E-state index in [1.165, 1.54) is 11.3 Å². The van der Waals surface area contributed by atoms with E-state index in [9.17, 15) is 4.79 Å². The van der Waals surface area contributed by atoms with Crippen LogP contribution in [-0.4, -0.2) is 38.3 Å². The van der Waals surface area contributed by atoms with Crippen LogP contribution in [-0.2, 0) is 0 Å². The maximum Gasteiger partial charge on any atom is 0.267 e. The summed E-state index contributed by atoms with van der Waals surface area (Å²) in [6.45, 7) is 1.01. The molecule has 2 aromatic heterocycles. The van der Waals surface area contributed by atoms with Crippen LogP contribution in [0.5, 0.6) is 23.0 Å². The Bertz CT molecular complexity index is 1310. The number of carbonyl (C=O) groups is 1. The standard InChI is InChI=1S/C22H19N3O5S/c1-27-13-7-12(8-14(9-13)28-2)24-21(26)20-19(23)15-5-11-6-17-18(30-4-3-29-17)10-16(11)25-22(15)31-20/h5-10H,3-4,23H2,1-2H3,(H,24,26). The summed E-state index contributed by atoms with van der Waals surface area (Å²) in [6, 6.07) is 10.8. The highest BCUT2D eigenvalue weighted by molar-refractivity contribution is 7.21. The first-order valence-electron chi connectivity index (χ1n) is 9.52. The van der Waals surface area contributed by atoms with Crippen molar-refractivity contribution in [1.29, 1.82) is 0 Å². The SMILES string of the molecule is COc1cc(NC(=O)c2sc3nc4cc5c(cc4cc3c2N)OCCO5)cc(OC)c1. The van der Waals surface area contributed by atoms with Crippen molar-refractivity contribution in [3.63, 3.8) is 0 Å². The van der Waals surface area contributed by atoms with Crippen LogP contribution >= 0.6 is 11.3 Å². The molecule has 0 saturated heterocycles. The number of nitrogens with two attached hydrogens (primary N) is 1. The summed E-state index contributed by atoms with van der Waals surface area (Å²) in [7, 11) is 3.10. The maximum absolute atomic E-state index is 13.0. The van der Waals surface area contributed by atoms with Crippen molar-refractivity contribution in [2.75, 3.05) is 38.5 Å². The first-order valence-corrected chi connectivity index (χ1v) is 10.3. The van der Waals surface area contributed by atoms with E-state index < -0.39 is 0 Å². The number of methoxy groups -OCH3 is 2. The van der Waals surface area contributed by atoms with Gasteiger partial charge in [0.25, 0.3) is 5.91 Å². The molecule has 158 valence electrons. The number of benzene rings is 2. The van der Waals surface area contributed by atoms with Gasteiger partial charge in [0.05, 0.1) is 25.4 Å². The van der Waals surface area contributed by atoms with Crippen LogP contribution in [0, 0.1) is 0 Å². The van der Waals surface area contributed by atoms with Crippen LogP contribution in [0.25, 0.3) is 21.1 Å². The van der Waals surface area contributed by atoms with Gasteiger partial charge in [-0.1, -0.05) is 0 Å². The number of hydrogen-bond acceptors (Lipinski definition) is 8. The summed E-state index contributed by atoms with van der Waals surface area (Å²) >= 11 is 1.24. The van der Waals surface area contributed by atoms with E-state index in [0.717, 1.165) is 16.3 Å². The molecule has 0 fully saturated rings. The van der Waals surface area contributed by atoms with Gasteiger partial charge in [-0.15, -0.1) is 11.3 Å². The number of carbonyl (C=O) groups excluding carboxylic acids is 1. The third-order valence-electron chi connectivity index (χ3n) is 4.99. The summed E-state index contributed by atoms with van der Waals surface area (Å²) in [5, 5.41) is 4.45. The van der Waals surface area contributed by atoms with Crippen molar-refractivity contribution >= 4 is 49.7 Å². The third-order valence-corrected chi connectivity index (χ3v) is 6.11. The molecule has 5 rings (SSSR count). The van der Waals surface area contributed by atoms with Gasteiger partial charge in [-0.3, -0.25) is 4.79 Å². The van der Waals surface area contributed by atoms with Gasteiger partial charge in [-0.05, 0) is 12.1 Å². The second-order valence-corrected chi connectivity index (χ2v) is 7.93. The molecule has 1 amide bonds. The van der Waals surface area contributed by atoms with E-state index in [4.69, 9.17) is 29.7 Å². The molecule has 0 bridgehead atoms. The second-order valence-electron chi connectivity index (χ2n) is 6.93. The smallest absolute Gasteiger partial charge is 0.267 e. The highest BCUT2D eigenvalue weighted by Crippen LogP contribution is 2.39. The van der Waals surface area contributed by atoms with E-state index in [1.54, 1.807) is 32.4 Å². The molecule has 0 atom stereocenters. The molecule has 0 unspecified atom stereocenters. The molecule has 0 aliphatic carbocycles. The third kappa shape index (κ3) is 3.42. The van der Waals surface area contributed by atoms with Crippen LogP contribution < -0.4 is 30.0 Å². The fraction of sp³-hybridized carbons (Fsp3) is 0.182. The Morgan fingerprint density at radius 3 is 2.39 bits per heavy atom. The Labute approximate surface area is 181 Å². The van der Waals surface area contributed by atoms with Crippen molar-refractivity contribution in [3.05, 3.63) is 41.3 Å². The summed E-state index contributed by atoms with van der Waals surface area (Å²) in [5.74, 6) is 2.16. The lowest BCUT2D eigenvalue weighted by Gasteiger charge is -2.18. The minimum absolute atomic E-state index is 0.328. The quantitative estimate of drug-likeness (QED) is 0.496. The summed E-state index contributed by atoms with van der Waals surface area (Å²) in [4.78, 5) is 18.7. The molecular formula is C22H19N3O5S. The average Bonchev–Trinajstić information content (AvgIpc) is 3.11. The van der Waals surface area contributed by atoms with E-state index in [-0.39, 0.29) is 5.91 Å². The minimum Gasteiger partial charge on any atom is -0.497 e. The van der Waals surface area contributed by atoms with Crippen LogP contribution in [0.2, 0.25) is 0 Å². The van der Waals surface area contributed by atoms with E-state index in [0.29, 0.717) is 57.3 Å². The average molecular weight is 437 g/mol. The highest BCUT2D eigenvalue weighted by Gasteiger charge is 2.20. The van der Waals surface area contributed by atoms with Crippen molar-refractivity contribution < 1.29 is 23.7 Å². The molecule has 0 radical (unpaired) electrons.